The van der Waals surface area contributed by atoms with Crippen LogP contribution in [-0.4, -0.2) is 42.0 Å². The Balaban J connectivity index is 1.63. The number of aromatic nitrogens is 1. The van der Waals surface area contributed by atoms with Gasteiger partial charge in [0.05, 0.1) is 24.3 Å². The Morgan fingerprint density at radius 3 is 2.24 bits per heavy atom. The highest BCUT2D eigenvalue weighted by Gasteiger charge is 2.37. The molecule has 0 fully saturated rings. The fourth-order valence-electron chi connectivity index (χ4n) is 3.50. The third-order valence-corrected chi connectivity index (χ3v) is 5.20. The van der Waals surface area contributed by atoms with Gasteiger partial charge in [0.15, 0.2) is 6.10 Å². The molecule has 200 valence electrons. The van der Waals surface area contributed by atoms with Gasteiger partial charge in [0.2, 0.25) is 0 Å². The van der Waals surface area contributed by atoms with Crippen LogP contribution < -0.4 is 9.47 Å². The molecule has 37 heavy (non-hydrogen) atoms. The summed E-state index contributed by atoms with van der Waals surface area (Å²) in [6, 6.07) is 10.2. The summed E-state index contributed by atoms with van der Waals surface area (Å²) in [5.74, 6) is -0.966. The molecule has 12 heteroatoms. The first-order valence-corrected chi connectivity index (χ1v) is 11.2. The summed E-state index contributed by atoms with van der Waals surface area (Å²) in [6.07, 6.45) is -10.4. The number of halogens is 6. The Kier molecular flexibility index (Phi) is 8.85. The van der Waals surface area contributed by atoms with Crippen LogP contribution in [0.1, 0.15) is 30.2 Å². The number of fused-ring (bicyclic) bond motifs is 1. The van der Waals surface area contributed by atoms with Crippen molar-refractivity contribution in [3.63, 3.8) is 0 Å². The van der Waals surface area contributed by atoms with E-state index in [0.717, 1.165) is 11.6 Å². The van der Waals surface area contributed by atoms with Gasteiger partial charge in [-0.15, -0.1) is 0 Å². The number of rotatable bonds is 11. The third-order valence-electron chi connectivity index (χ3n) is 5.20. The number of hydrogen-bond acceptors (Lipinski definition) is 5. The third kappa shape index (κ3) is 7.48. The first kappa shape index (κ1) is 28.0. The minimum atomic E-state index is -4.96. The van der Waals surface area contributed by atoms with Crippen LogP contribution in [0, 0.1) is 0 Å². The van der Waals surface area contributed by atoms with E-state index in [9.17, 15) is 31.1 Å². The maximum absolute atomic E-state index is 13.3. The minimum Gasteiger partial charge on any atom is -0.493 e. The van der Waals surface area contributed by atoms with Crippen molar-refractivity contribution in [1.29, 1.82) is 0 Å². The van der Waals surface area contributed by atoms with Gasteiger partial charge in [0.25, 0.3) is 0 Å². The van der Waals surface area contributed by atoms with Gasteiger partial charge in [-0.05, 0) is 36.8 Å². The molecule has 2 aromatic carbocycles. The first-order chi connectivity index (χ1) is 17.4. The molecule has 0 amide bonds. The van der Waals surface area contributed by atoms with Crippen LogP contribution in [0.4, 0.5) is 26.3 Å². The number of carbonyl (C=O) groups is 1. The summed E-state index contributed by atoms with van der Waals surface area (Å²) in [5.41, 5.74) is -2.90. The lowest BCUT2D eigenvalue weighted by Gasteiger charge is -2.16. The lowest BCUT2D eigenvalue weighted by Crippen LogP contribution is -2.26. The predicted molar refractivity (Wildman–Crippen MR) is 121 cm³/mol. The molecule has 1 unspecified atom stereocenters. The van der Waals surface area contributed by atoms with Gasteiger partial charge in [-0.2, -0.15) is 26.3 Å². The van der Waals surface area contributed by atoms with Gasteiger partial charge < -0.3 is 19.3 Å². The van der Waals surface area contributed by atoms with E-state index >= 15 is 0 Å². The van der Waals surface area contributed by atoms with Crippen molar-refractivity contribution in [2.75, 3.05) is 19.8 Å². The number of pyridine rings is 1. The number of ether oxygens (including phenoxy) is 3. The normalized spacial score (nSPS) is 12.9. The number of carboxylic acid groups (broad SMARTS) is 1. The molecule has 3 aromatic rings. The summed E-state index contributed by atoms with van der Waals surface area (Å²) in [4.78, 5) is 14.4. The van der Waals surface area contributed by atoms with Crippen molar-refractivity contribution in [2.24, 2.45) is 0 Å². The van der Waals surface area contributed by atoms with E-state index in [4.69, 9.17) is 19.3 Å². The van der Waals surface area contributed by atoms with Crippen molar-refractivity contribution in [2.45, 2.75) is 38.2 Å². The highest BCUT2D eigenvalue weighted by molar-refractivity contribution is 5.88. The van der Waals surface area contributed by atoms with E-state index in [1.807, 2.05) is 0 Å². The van der Waals surface area contributed by atoms with E-state index in [1.165, 1.54) is 6.07 Å². The quantitative estimate of drug-likeness (QED) is 0.236. The Labute approximate surface area is 207 Å². The largest absolute Gasteiger partial charge is 0.493 e. The molecule has 3 rings (SSSR count). The molecule has 0 spiro atoms. The number of carboxylic acids is 1. The average Bonchev–Trinajstić information content (AvgIpc) is 2.82. The molecule has 0 aliphatic carbocycles. The van der Waals surface area contributed by atoms with Gasteiger partial charge in [0.1, 0.15) is 17.2 Å². The predicted octanol–water partition coefficient (Wildman–Crippen LogP) is 6.15. The molecule has 0 aliphatic heterocycles. The maximum Gasteiger partial charge on any atom is 0.433 e. The molecule has 1 aromatic heterocycles. The fraction of sp³-hybridized carbons (Fsp3) is 0.360. The zero-order valence-corrected chi connectivity index (χ0v) is 19.5. The van der Waals surface area contributed by atoms with Crippen molar-refractivity contribution >= 4 is 16.9 Å². The molecule has 1 atom stereocenters. The van der Waals surface area contributed by atoms with Crippen LogP contribution in [0.2, 0.25) is 0 Å². The number of aliphatic carboxylic acids is 1. The van der Waals surface area contributed by atoms with Crippen molar-refractivity contribution in [1.82, 2.24) is 4.98 Å². The number of nitrogens with zero attached hydrogens (tertiary/aromatic N) is 1. The van der Waals surface area contributed by atoms with Crippen LogP contribution in [0.3, 0.4) is 0 Å². The number of hydrogen-bond donors (Lipinski definition) is 1. The Morgan fingerprint density at radius 1 is 0.973 bits per heavy atom. The molecule has 1 heterocycles. The van der Waals surface area contributed by atoms with Crippen LogP contribution >= 0.6 is 0 Å². The van der Waals surface area contributed by atoms with Gasteiger partial charge in [-0.3, -0.25) is 0 Å². The lowest BCUT2D eigenvalue weighted by atomic mass is 10.1. The second-order valence-electron chi connectivity index (χ2n) is 7.88. The molecule has 1 N–H and O–H groups in total. The number of para-hydroxylation sites is 1. The second-order valence-corrected chi connectivity index (χ2v) is 7.88. The van der Waals surface area contributed by atoms with Crippen LogP contribution in [0.25, 0.3) is 10.9 Å². The van der Waals surface area contributed by atoms with Crippen LogP contribution in [0.15, 0.2) is 48.5 Å². The van der Waals surface area contributed by atoms with E-state index < -0.39 is 41.2 Å². The second kappa shape index (κ2) is 11.7. The Hall–Kier alpha value is -3.54. The number of alkyl halides is 6. The molecule has 0 bridgehead atoms. The molecule has 0 radical (unpaired) electrons. The zero-order valence-electron chi connectivity index (χ0n) is 19.5. The molecule has 6 nitrogen and oxygen atoms in total. The van der Waals surface area contributed by atoms with Gasteiger partial charge in [0, 0.05) is 30.9 Å². The standard InChI is InChI=1S/C25H23F6NO5/c1-2-35-20(23(33)34)13-15-7-9-16(10-8-15)36-11-4-12-37-19-14-21(25(29,30)31)32-22-17(19)5-3-6-18(22)24(26,27)28/h3,5-10,14,20H,2,4,11-13H2,1H3,(H,33,34). The first-order valence-electron chi connectivity index (χ1n) is 11.2. The molecule has 0 aliphatic rings. The van der Waals surface area contributed by atoms with Crippen LogP contribution in [-0.2, 0) is 28.3 Å². The van der Waals surface area contributed by atoms with Crippen LogP contribution in [0.5, 0.6) is 11.5 Å². The molecule has 0 saturated heterocycles. The summed E-state index contributed by atoms with van der Waals surface area (Å²) >= 11 is 0. The molecule has 0 saturated carbocycles. The highest BCUT2D eigenvalue weighted by Crippen LogP contribution is 2.39. The van der Waals surface area contributed by atoms with E-state index in [1.54, 1.807) is 31.2 Å². The summed E-state index contributed by atoms with van der Waals surface area (Å²) in [7, 11) is 0. The molecular weight excluding hydrogens is 508 g/mol. The lowest BCUT2D eigenvalue weighted by molar-refractivity contribution is -0.150. The fourth-order valence-corrected chi connectivity index (χ4v) is 3.50. The monoisotopic (exact) mass is 531 g/mol. The smallest absolute Gasteiger partial charge is 0.433 e. The number of benzene rings is 2. The van der Waals surface area contributed by atoms with Gasteiger partial charge in [-0.25, -0.2) is 9.78 Å². The maximum atomic E-state index is 13.3. The van der Waals surface area contributed by atoms with Gasteiger partial charge >= 0.3 is 18.3 Å². The summed E-state index contributed by atoms with van der Waals surface area (Å²) in [5, 5.41) is 8.97. The average molecular weight is 531 g/mol. The highest BCUT2D eigenvalue weighted by atomic mass is 19.4. The van der Waals surface area contributed by atoms with E-state index in [2.05, 4.69) is 4.98 Å². The topological polar surface area (TPSA) is 77.9 Å². The van der Waals surface area contributed by atoms with Crippen molar-refractivity contribution < 1.29 is 50.5 Å². The zero-order chi connectivity index (χ0) is 27.2. The SMILES string of the molecule is CCOC(Cc1ccc(OCCCOc2cc(C(F)(F)F)nc3c(C(F)(F)F)cccc23)cc1)C(=O)O. The van der Waals surface area contributed by atoms with Crippen molar-refractivity contribution in [3.8, 4) is 11.5 Å². The van der Waals surface area contributed by atoms with Gasteiger partial charge in [-0.1, -0.05) is 18.2 Å². The summed E-state index contributed by atoms with van der Waals surface area (Å²) < 4.78 is 96.0. The van der Waals surface area contributed by atoms with E-state index in [0.29, 0.717) is 17.9 Å². The Bertz CT molecular complexity index is 1210. The minimum absolute atomic E-state index is 0.110. The Morgan fingerprint density at radius 2 is 1.65 bits per heavy atom. The summed E-state index contributed by atoms with van der Waals surface area (Å²) in [6.45, 7) is 1.94. The molecular formula is C25H23F6NO5. The van der Waals surface area contributed by atoms with E-state index in [-0.39, 0.29) is 43.8 Å². The van der Waals surface area contributed by atoms with Crippen molar-refractivity contribution in [3.05, 3.63) is 65.4 Å².